The molecule has 0 aliphatic heterocycles. The second-order valence-corrected chi connectivity index (χ2v) is 5.01. The highest BCUT2D eigenvalue weighted by atomic mass is 16.5. The van der Waals surface area contributed by atoms with Gasteiger partial charge < -0.3 is 24.6 Å². The van der Waals surface area contributed by atoms with Crippen molar-refractivity contribution in [1.82, 2.24) is 5.32 Å². The first-order valence-corrected chi connectivity index (χ1v) is 7.61. The lowest BCUT2D eigenvalue weighted by Crippen LogP contribution is -2.33. The molecule has 0 radical (unpaired) electrons. The van der Waals surface area contributed by atoms with Gasteiger partial charge in [-0.1, -0.05) is 18.2 Å². The third kappa shape index (κ3) is 6.59. The molecule has 0 unspecified atom stereocenters. The van der Waals surface area contributed by atoms with Crippen molar-refractivity contribution in [2.75, 3.05) is 33.4 Å². The minimum Gasteiger partial charge on any atom is -0.497 e. The Morgan fingerprint density at radius 3 is 2.26 bits per heavy atom. The maximum absolute atomic E-state index is 9.84. The molecule has 0 amide bonds. The van der Waals surface area contributed by atoms with E-state index in [1.54, 1.807) is 7.11 Å². The van der Waals surface area contributed by atoms with Crippen molar-refractivity contribution >= 4 is 0 Å². The van der Waals surface area contributed by atoms with Gasteiger partial charge in [0.2, 0.25) is 0 Å². The largest absolute Gasteiger partial charge is 0.497 e. The molecule has 5 heteroatoms. The van der Waals surface area contributed by atoms with Crippen LogP contribution in [0.5, 0.6) is 17.2 Å². The quantitative estimate of drug-likeness (QED) is 0.657. The fraction of sp³-hybridized carbons (Fsp3) is 0.333. The van der Waals surface area contributed by atoms with E-state index in [9.17, 15) is 5.11 Å². The third-order valence-corrected chi connectivity index (χ3v) is 3.17. The predicted octanol–water partition coefficient (Wildman–Crippen LogP) is 2.10. The Morgan fingerprint density at radius 1 is 0.913 bits per heavy atom. The molecule has 0 fully saturated rings. The van der Waals surface area contributed by atoms with Gasteiger partial charge in [-0.05, 0) is 36.4 Å². The van der Waals surface area contributed by atoms with Crippen LogP contribution in [0.1, 0.15) is 0 Å². The van der Waals surface area contributed by atoms with Gasteiger partial charge in [-0.15, -0.1) is 0 Å². The van der Waals surface area contributed by atoms with Crippen molar-refractivity contribution < 1.29 is 19.3 Å². The maximum atomic E-state index is 9.84. The second-order valence-electron chi connectivity index (χ2n) is 5.01. The summed E-state index contributed by atoms with van der Waals surface area (Å²) in [5.41, 5.74) is 0. The first kappa shape index (κ1) is 17.1. The second kappa shape index (κ2) is 9.71. The summed E-state index contributed by atoms with van der Waals surface area (Å²) in [7, 11) is 1.63. The van der Waals surface area contributed by atoms with E-state index < -0.39 is 6.10 Å². The molecule has 0 saturated carbocycles. The minimum absolute atomic E-state index is 0.260. The molecule has 23 heavy (non-hydrogen) atoms. The zero-order valence-corrected chi connectivity index (χ0v) is 13.3. The van der Waals surface area contributed by atoms with Crippen molar-refractivity contribution in [3.8, 4) is 17.2 Å². The topological polar surface area (TPSA) is 60.0 Å². The van der Waals surface area contributed by atoms with Gasteiger partial charge in [-0.2, -0.15) is 0 Å². The van der Waals surface area contributed by atoms with Gasteiger partial charge in [0, 0.05) is 13.1 Å². The summed E-state index contributed by atoms with van der Waals surface area (Å²) in [6, 6.07) is 16.9. The minimum atomic E-state index is -0.559. The van der Waals surface area contributed by atoms with Crippen LogP contribution in [-0.2, 0) is 0 Å². The first-order chi connectivity index (χ1) is 11.3. The molecule has 5 nitrogen and oxygen atoms in total. The predicted molar refractivity (Wildman–Crippen MR) is 89.3 cm³/mol. The van der Waals surface area contributed by atoms with Crippen LogP contribution in [0, 0.1) is 0 Å². The van der Waals surface area contributed by atoms with Crippen LogP contribution in [0.4, 0.5) is 0 Å². The molecule has 0 spiro atoms. The van der Waals surface area contributed by atoms with Gasteiger partial charge in [0.15, 0.2) is 0 Å². The molecule has 124 valence electrons. The highest BCUT2D eigenvalue weighted by molar-refractivity contribution is 5.31. The van der Waals surface area contributed by atoms with Crippen LogP contribution in [0.15, 0.2) is 54.6 Å². The normalized spacial score (nSPS) is 11.7. The van der Waals surface area contributed by atoms with Crippen molar-refractivity contribution in [3.05, 3.63) is 54.6 Å². The average molecular weight is 317 g/mol. The van der Waals surface area contributed by atoms with Crippen LogP contribution < -0.4 is 19.5 Å². The Hall–Kier alpha value is -2.24. The van der Waals surface area contributed by atoms with Crippen molar-refractivity contribution in [3.63, 3.8) is 0 Å². The van der Waals surface area contributed by atoms with Crippen LogP contribution in [-0.4, -0.2) is 44.6 Å². The number of hydrogen-bond acceptors (Lipinski definition) is 5. The number of benzene rings is 2. The summed E-state index contributed by atoms with van der Waals surface area (Å²) >= 11 is 0. The fourth-order valence-corrected chi connectivity index (χ4v) is 1.95. The Morgan fingerprint density at radius 2 is 1.57 bits per heavy atom. The zero-order chi connectivity index (χ0) is 16.3. The monoisotopic (exact) mass is 317 g/mol. The van der Waals surface area contributed by atoms with Crippen LogP contribution in [0.2, 0.25) is 0 Å². The van der Waals surface area contributed by atoms with Crippen molar-refractivity contribution in [2.45, 2.75) is 6.10 Å². The number of nitrogens with one attached hydrogen (secondary N) is 1. The molecule has 0 bridgehead atoms. The fourth-order valence-electron chi connectivity index (χ4n) is 1.95. The van der Waals surface area contributed by atoms with Crippen LogP contribution in [0.3, 0.4) is 0 Å². The van der Waals surface area contributed by atoms with E-state index in [0.717, 1.165) is 17.2 Å². The van der Waals surface area contributed by atoms with Gasteiger partial charge in [0.05, 0.1) is 7.11 Å². The number of rotatable bonds is 10. The highest BCUT2D eigenvalue weighted by Crippen LogP contribution is 2.16. The van der Waals surface area contributed by atoms with Crippen LogP contribution in [0.25, 0.3) is 0 Å². The molecular formula is C18H23NO4. The van der Waals surface area contributed by atoms with Gasteiger partial charge in [0.25, 0.3) is 0 Å². The molecule has 2 aromatic carbocycles. The lowest BCUT2D eigenvalue weighted by Gasteiger charge is -2.13. The maximum Gasteiger partial charge on any atom is 0.119 e. The molecule has 0 aromatic heterocycles. The lowest BCUT2D eigenvalue weighted by atomic mass is 10.3. The first-order valence-electron chi connectivity index (χ1n) is 7.61. The summed E-state index contributed by atoms with van der Waals surface area (Å²) in [5.74, 6) is 2.35. The van der Waals surface area contributed by atoms with E-state index in [0.29, 0.717) is 19.7 Å². The van der Waals surface area contributed by atoms with Gasteiger partial charge in [0.1, 0.15) is 36.6 Å². The van der Waals surface area contributed by atoms with E-state index in [1.165, 1.54) is 0 Å². The zero-order valence-electron chi connectivity index (χ0n) is 13.3. The van der Waals surface area contributed by atoms with Crippen molar-refractivity contribution in [1.29, 1.82) is 0 Å². The average Bonchev–Trinajstić information content (AvgIpc) is 2.61. The van der Waals surface area contributed by atoms with E-state index in [-0.39, 0.29) is 6.61 Å². The molecule has 2 aromatic rings. The smallest absolute Gasteiger partial charge is 0.119 e. The molecule has 0 aliphatic carbocycles. The Balaban J connectivity index is 1.54. The number of para-hydroxylation sites is 1. The van der Waals surface area contributed by atoms with Crippen LogP contribution >= 0.6 is 0 Å². The number of aliphatic hydroxyl groups is 1. The highest BCUT2D eigenvalue weighted by Gasteiger charge is 2.04. The number of methoxy groups -OCH3 is 1. The molecule has 2 rings (SSSR count). The van der Waals surface area contributed by atoms with E-state index >= 15 is 0 Å². The molecule has 0 aliphatic rings. The Labute approximate surface area is 136 Å². The Bertz CT molecular complexity index is 545. The molecule has 2 N–H and O–H groups in total. The van der Waals surface area contributed by atoms with Gasteiger partial charge >= 0.3 is 0 Å². The summed E-state index contributed by atoms with van der Waals surface area (Å²) in [4.78, 5) is 0. The summed E-state index contributed by atoms with van der Waals surface area (Å²) in [5, 5.41) is 13.0. The Kier molecular flexibility index (Phi) is 7.23. The van der Waals surface area contributed by atoms with Gasteiger partial charge in [-0.25, -0.2) is 0 Å². The number of hydrogen-bond donors (Lipinski definition) is 2. The lowest BCUT2D eigenvalue weighted by molar-refractivity contribution is 0.105. The molecule has 1 atom stereocenters. The van der Waals surface area contributed by atoms with Crippen molar-refractivity contribution in [2.24, 2.45) is 0 Å². The number of ether oxygens (including phenoxy) is 3. The molecule has 0 heterocycles. The third-order valence-electron chi connectivity index (χ3n) is 3.17. The van der Waals surface area contributed by atoms with E-state index in [4.69, 9.17) is 14.2 Å². The summed E-state index contributed by atoms with van der Waals surface area (Å²) in [6.45, 7) is 1.89. The standard InChI is InChI=1S/C18H23NO4/c1-21-16-7-9-18(10-8-16)22-12-11-19-13-15(20)14-23-17-5-3-2-4-6-17/h2-10,15,19-20H,11-14H2,1H3/t15-/m0/s1. The molecule has 0 saturated heterocycles. The summed E-state index contributed by atoms with van der Waals surface area (Å²) in [6.07, 6.45) is -0.559. The SMILES string of the molecule is COc1ccc(OCCNC[C@H](O)COc2ccccc2)cc1. The van der Waals surface area contributed by atoms with E-state index in [1.807, 2.05) is 54.6 Å². The molecular weight excluding hydrogens is 294 g/mol. The number of aliphatic hydroxyl groups excluding tert-OH is 1. The van der Waals surface area contributed by atoms with Gasteiger partial charge in [-0.3, -0.25) is 0 Å². The summed E-state index contributed by atoms with van der Waals surface area (Å²) < 4.78 is 16.2. The van der Waals surface area contributed by atoms with E-state index in [2.05, 4.69) is 5.32 Å².